The molecule has 4 heterocycles. The Morgan fingerprint density at radius 3 is 1.45 bits per heavy atom. The molecule has 0 amide bonds. The van der Waals surface area contributed by atoms with E-state index in [-0.39, 0.29) is 43.6 Å². The number of nitrogens with one attached hydrogen (secondary N) is 2. The molecule has 4 rings (SSSR count). The highest BCUT2D eigenvalue weighted by Crippen LogP contribution is 2.28. The molecule has 2 N–H and O–H groups in total. The van der Waals surface area contributed by atoms with Gasteiger partial charge >= 0.3 is 11.9 Å². The predicted molar refractivity (Wildman–Crippen MR) is 186 cm³/mol. The molecule has 2 fully saturated rings. The summed E-state index contributed by atoms with van der Waals surface area (Å²) in [5.74, 6) is 1.31. The fourth-order valence-corrected chi connectivity index (χ4v) is 5.83. The number of aromatic nitrogens is 4. The van der Waals surface area contributed by atoms with E-state index in [0.29, 0.717) is 89.1 Å². The first kappa shape index (κ1) is 38.9. The largest absolute Gasteiger partial charge is 0.470 e. The summed E-state index contributed by atoms with van der Waals surface area (Å²) in [7, 11) is 0. The van der Waals surface area contributed by atoms with Crippen molar-refractivity contribution in [2.45, 2.75) is 84.1 Å². The third kappa shape index (κ3) is 14.1. The van der Waals surface area contributed by atoms with Crippen molar-refractivity contribution in [3.05, 3.63) is 0 Å². The van der Waals surface area contributed by atoms with Crippen LogP contribution in [0.3, 0.4) is 0 Å². The number of carbonyl (C=O) groups excluding carboxylic acids is 2. The maximum absolute atomic E-state index is 12.9. The van der Waals surface area contributed by atoms with Crippen LogP contribution in [0.1, 0.15) is 60.8 Å². The van der Waals surface area contributed by atoms with E-state index in [1.165, 1.54) is 0 Å². The van der Waals surface area contributed by atoms with E-state index in [0.717, 1.165) is 23.5 Å². The van der Waals surface area contributed by atoms with Gasteiger partial charge in [-0.3, -0.25) is 9.59 Å². The van der Waals surface area contributed by atoms with E-state index >= 15 is 0 Å². The molecule has 0 aromatic carbocycles. The summed E-state index contributed by atoms with van der Waals surface area (Å²) in [4.78, 5) is 30.0. The third-order valence-electron chi connectivity index (χ3n) is 7.40. The molecular weight excluding hydrogens is 677 g/mol. The Kier molecular flexibility index (Phi) is 15.0. The van der Waals surface area contributed by atoms with Crippen molar-refractivity contribution < 1.29 is 38.0 Å². The molecule has 0 bridgehead atoms. The molecule has 0 saturated carbocycles. The minimum Gasteiger partial charge on any atom is -0.470 e. The Labute approximate surface area is 297 Å². The van der Waals surface area contributed by atoms with Gasteiger partial charge in [-0.1, -0.05) is 0 Å². The summed E-state index contributed by atoms with van der Waals surface area (Å²) in [6.45, 7) is 18.4. The second-order valence-electron chi connectivity index (χ2n) is 13.9. The summed E-state index contributed by atoms with van der Waals surface area (Å²) in [5, 5.41) is 6.74. The Hall–Kier alpha value is -2.90. The van der Waals surface area contributed by atoms with Gasteiger partial charge < -0.3 is 48.9 Å². The molecule has 2 aliphatic heterocycles. The van der Waals surface area contributed by atoms with Gasteiger partial charge in [0.25, 0.3) is 11.8 Å². The lowest BCUT2D eigenvalue weighted by Gasteiger charge is -2.28. The van der Waals surface area contributed by atoms with Gasteiger partial charge in [-0.25, -0.2) is 0 Å². The number of ether oxygens (including phenoxy) is 6. The maximum atomic E-state index is 12.9. The molecule has 0 aliphatic carbocycles. The maximum Gasteiger partial charge on any atom is 0.306 e. The summed E-state index contributed by atoms with van der Waals surface area (Å²) >= 11 is 2.15. The Bertz CT molecular complexity index is 1190. The minimum absolute atomic E-state index is 0.0488. The Morgan fingerprint density at radius 2 is 1.08 bits per heavy atom. The molecule has 16 nitrogen and oxygen atoms in total. The van der Waals surface area contributed by atoms with Crippen LogP contribution in [0.2, 0.25) is 0 Å². The lowest BCUT2D eigenvalue weighted by atomic mass is 10.1. The summed E-state index contributed by atoms with van der Waals surface area (Å²) in [6.07, 6.45) is -0.788. The fourth-order valence-electron chi connectivity index (χ4n) is 4.79. The van der Waals surface area contributed by atoms with Gasteiger partial charge in [-0.15, -0.1) is 8.75 Å². The zero-order chi connectivity index (χ0) is 35.3. The van der Waals surface area contributed by atoms with E-state index in [2.05, 4.69) is 37.9 Å². The Balaban J connectivity index is 1.25. The highest BCUT2D eigenvalue weighted by Gasteiger charge is 2.26. The van der Waals surface area contributed by atoms with E-state index in [1.807, 2.05) is 41.5 Å². The highest BCUT2D eigenvalue weighted by atomic mass is 32.1. The molecule has 2 saturated heterocycles. The number of hydrogen-bond acceptors (Lipinski definition) is 18. The molecule has 0 spiro atoms. The monoisotopic (exact) mass is 728 g/mol. The summed E-state index contributed by atoms with van der Waals surface area (Å²) in [5.41, 5.74) is -0.393. The van der Waals surface area contributed by atoms with Crippen molar-refractivity contribution in [3.8, 4) is 11.8 Å². The van der Waals surface area contributed by atoms with Crippen LogP contribution in [0.15, 0.2) is 0 Å². The molecule has 2 atom stereocenters. The Morgan fingerprint density at radius 1 is 0.694 bits per heavy atom. The van der Waals surface area contributed by atoms with E-state index in [1.54, 1.807) is 0 Å². The van der Waals surface area contributed by atoms with E-state index in [4.69, 9.17) is 28.4 Å². The minimum atomic E-state index is -0.578. The number of hydrogen-bond donors (Lipinski definition) is 2. The molecule has 18 heteroatoms. The molecule has 276 valence electrons. The van der Waals surface area contributed by atoms with Crippen molar-refractivity contribution in [1.29, 1.82) is 0 Å². The van der Waals surface area contributed by atoms with Gasteiger partial charge in [0.2, 0.25) is 11.6 Å². The van der Waals surface area contributed by atoms with Gasteiger partial charge in [0.15, 0.2) is 0 Å². The van der Waals surface area contributed by atoms with Gasteiger partial charge in [0.05, 0.1) is 49.9 Å². The first-order valence-electron chi connectivity index (χ1n) is 16.8. The van der Waals surface area contributed by atoms with Crippen LogP contribution in [-0.2, 0) is 28.5 Å². The smallest absolute Gasteiger partial charge is 0.306 e. The molecule has 0 radical (unpaired) electrons. The van der Waals surface area contributed by atoms with Crippen LogP contribution in [-0.4, -0.2) is 132 Å². The average molecular weight is 729 g/mol. The zero-order valence-corrected chi connectivity index (χ0v) is 31.2. The molecule has 2 aromatic rings. The second kappa shape index (κ2) is 18.9. The zero-order valence-electron chi connectivity index (χ0n) is 29.5. The molecule has 0 unspecified atom stereocenters. The number of carbonyl (C=O) groups is 2. The van der Waals surface area contributed by atoms with E-state index < -0.39 is 24.1 Å². The van der Waals surface area contributed by atoms with Crippen LogP contribution >= 0.6 is 23.5 Å². The normalized spacial score (nSPS) is 17.0. The third-order valence-corrected chi connectivity index (χ3v) is 8.40. The van der Waals surface area contributed by atoms with Crippen molar-refractivity contribution in [2.75, 3.05) is 88.7 Å². The molecular formula is C31H52N8O8S2. The lowest BCUT2D eigenvalue weighted by Crippen LogP contribution is -2.44. The predicted octanol–water partition coefficient (Wildman–Crippen LogP) is 2.29. The fraction of sp³-hybridized carbons (Fsp3) is 0.806. The number of nitrogens with zero attached hydrogens (tertiary/aromatic N) is 6. The first-order valence-corrected chi connectivity index (χ1v) is 18.3. The summed E-state index contributed by atoms with van der Waals surface area (Å²) < 4.78 is 51.9. The molecule has 49 heavy (non-hydrogen) atoms. The van der Waals surface area contributed by atoms with Gasteiger partial charge in [0, 0.05) is 63.2 Å². The van der Waals surface area contributed by atoms with Crippen molar-refractivity contribution in [3.63, 3.8) is 0 Å². The SMILES string of the molecule is CC(C)(C)NC[C@@H](COc1nsnc1N1CCOCC1)OC(=O)CCCC(=O)O[C@@H](CNC(C)(C)C)COc1nsnc1N1CCOCC1. The average Bonchev–Trinajstić information content (AvgIpc) is 3.73. The first-order chi connectivity index (χ1) is 23.4. The molecule has 2 aliphatic rings. The van der Waals surface area contributed by atoms with Crippen LogP contribution in [0.5, 0.6) is 11.8 Å². The van der Waals surface area contributed by atoms with Crippen LogP contribution in [0.4, 0.5) is 11.6 Å². The lowest BCUT2D eigenvalue weighted by molar-refractivity contribution is -0.152. The second-order valence-corrected chi connectivity index (χ2v) is 15.0. The highest BCUT2D eigenvalue weighted by molar-refractivity contribution is 6.99. The quantitative estimate of drug-likeness (QED) is 0.214. The van der Waals surface area contributed by atoms with Crippen LogP contribution in [0.25, 0.3) is 0 Å². The number of esters is 2. The number of anilines is 2. The van der Waals surface area contributed by atoms with Crippen molar-refractivity contribution in [2.24, 2.45) is 0 Å². The van der Waals surface area contributed by atoms with Crippen LogP contribution in [0, 0.1) is 0 Å². The topological polar surface area (TPSA) is 172 Å². The van der Waals surface area contributed by atoms with Gasteiger partial charge in [0.1, 0.15) is 25.4 Å². The van der Waals surface area contributed by atoms with E-state index in [9.17, 15) is 9.59 Å². The van der Waals surface area contributed by atoms with Crippen LogP contribution < -0.4 is 29.9 Å². The van der Waals surface area contributed by atoms with Crippen molar-refractivity contribution in [1.82, 2.24) is 28.1 Å². The van der Waals surface area contributed by atoms with Crippen molar-refractivity contribution >= 4 is 47.0 Å². The molecule has 2 aromatic heterocycles. The number of rotatable bonds is 18. The standard InChI is InChI=1S/C31H52N8O8S2/c1-30(2,3)32-18-22(20-44-28-26(34-48-36-28)38-10-14-42-15-11-38)46-24(40)8-7-9-25(41)47-23(19-33-31(4,5)6)21-45-29-27(35-49-37-29)39-12-16-43-17-13-39/h22-23,32-33H,7-21H2,1-6H3/t22-,23-/m0/s1. The van der Waals surface area contributed by atoms with Gasteiger partial charge in [-0.2, -0.15) is 8.75 Å². The number of morpholine rings is 2. The van der Waals surface area contributed by atoms with Gasteiger partial charge in [-0.05, 0) is 48.0 Å². The summed E-state index contributed by atoms with van der Waals surface area (Å²) in [6, 6.07) is 0.